The summed E-state index contributed by atoms with van der Waals surface area (Å²) in [5, 5.41) is 3.62. The van der Waals surface area contributed by atoms with Crippen LogP contribution >= 0.6 is 0 Å². The topological polar surface area (TPSA) is 112 Å². The maximum absolute atomic E-state index is 11.2. The number of methoxy groups -OCH3 is 1. The molecule has 114 valence electrons. The van der Waals surface area contributed by atoms with E-state index in [2.05, 4.69) is 10.5 Å². The summed E-state index contributed by atoms with van der Waals surface area (Å²) >= 11 is 0. The second-order valence-corrected chi connectivity index (χ2v) is 3.74. The smallest absolute Gasteiger partial charge is 0.344 e. The van der Waals surface area contributed by atoms with Crippen LogP contribution < -0.4 is 20.6 Å². The predicted molar refractivity (Wildman–Crippen MR) is 75.4 cm³/mol. The number of esters is 1. The number of ether oxygens (including phenoxy) is 3. The highest BCUT2D eigenvalue weighted by Gasteiger charge is 2.08. The van der Waals surface area contributed by atoms with Crippen molar-refractivity contribution in [2.24, 2.45) is 10.8 Å². The number of rotatable bonds is 7. The Labute approximate surface area is 121 Å². The number of urea groups is 1. The Morgan fingerprint density at radius 3 is 2.76 bits per heavy atom. The molecule has 3 N–H and O–H groups in total. The summed E-state index contributed by atoms with van der Waals surface area (Å²) in [6.45, 7) is 1.80. The molecule has 0 heterocycles. The molecule has 0 unspecified atom stereocenters. The number of nitrogens with two attached hydrogens (primary N) is 1. The van der Waals surface area contributed by atoms with Crippen molar-refractivity contribution < 1.29 is 23.8 Å². The molecule has 0 spiro atoms. The van der Waals surface area contributed by atoms with Gasteiger partial charge >= 0.3 is 12.0 Å². The zero-order valence-corrected chi connectivity index (χ0v) is 11.8. The molecule has 0 aliphatic carbocycles. The van der Waals surface area contributed by atoms with E-state index in [1.807, 2.05) is 0 Å². The third kappa shape index (κ3) is 5.81. The number of carbonyl (C=O) groups excluding carboxylic acids is 2. The SMILES string of the molecule is CCOC(=O)COc1ccc(/C=N/NC(N)=O)cc1OC. The Hall–Kier alpha value is -2.77. The van der Waals surface area contributed by atoms with E-state index in [1.165, 1.54) is 13.3 Å². The van der Waals surface area contributed by atoms with Crippen molar-refractivity contribution in [3.05, 3.63) is 23.8 Å². The number of hydrazone groups is 1. The van der Waals surface area contributed by atoms with Crippen molar-refractivity contribution in [1.82, 2.24) is 5.43 Å². The van der Waals surface area contributed by atoms with Crippen LogP contribution in [0.25, 0.3) is 0 Å². The lowest BCUT2D eigenvalue weighted by molar-refractivity contribution is -0.145. The van der Waals surface area contributed by atoms with Crippen molar-refractivity contribution in [3.8, 4) is 11.5 Å². The quantitative estimate of drug-likeness (QED) is 0.435. The van der Waals surface area contributed by atoms with Crippen molar-refractivity contribution >= 4 is 18.2 Å². The Kier molecular flexibility index (Phi) is 6.52. The van der Waals surface area contributed by atoms with E-state index in [1.54, 1.807) is 25.1 Å². The van der Waals surface area contributed by atoms with Crippen LogP contribution in [0, 0.1) is 0 Å². The second-order valence-electron chi connectivity index (χ2n) is 3.74. The maximum Gasteiger partial charge on any atom is 0.344 e. The van der Waals surface area contributed by atoms with Gasteiger partial charge in [0.1, 0.15) is 0 Å². The lowest BCUT2D eigenvalue weighted by atomic mass is 10.2. The fourth-order valence-electron chi connectivity index (χ4n) is 1.39. The standard InChI is InChI=1S/C13H17N3O5/c1-3-20-12(17)8-21-10-5-4-9(6-11(10)19-2)7-15-16-13(14)18/h4-7H,3,8H2,1-2H3,(H3,14,16,18)/b15-7+. The Balaban J connectivity index is 2.72. The van der Waals surface area contributed by atoms with Gasteiger partial charge in [-0.15, -0.1) is 0 Å². The van der Waals surface area contributed by atoms with E-state index >= 15 is 0 Å². The molecular formula is C13H17N3O5. The highest BCUT2D eigenvalue weighted by atomic mass is 16.6. The highest BCUT2D eigenvalue weighted by Crippen LogP contribution is 2.27. The number of hydrogen-bond donors (Lipinski definition) is 2. The van der Waals surface area contributed by atoms with E-state index in [-0.39, 0.29) is 6.61 Å². The third-order valence-corrected chi connectivity index (χ3v) is 2.23. The summed E-state index contributed by atoms with van der Waals surface area (Å²) in [4.78, 5) is 21.7. The predicted octanol–water partition coefficient (Wildman–Crippen LogP) is 0.639. The molecule has 0 saturated carbocycles. The van der Waals surface area contributed by atoms with E-state index in [0.717, 1.165) is 0 Å². The lowest BCUT2D eigenvalue weighted by Crippen LogP contribution is -2.24. The average Bonchev–Trinajstić information content (AvgIpc) is 2.45. The summed E-state index contributed by atoms with van der Waals surface area (Å²) < 4.78 is 15.2. The van der Waals surface area contributed by atoms with Crippen LogP contribution in [0.4, 0.5) is 4.79 Å². The van der Waals surface area contributed by atoms with Crippen molar-refractivity contribution in [1.29, 1.82) is 0 Å². The van der Waals surface area contributed by atoms with Crippen molar-refractivity contribution in [3.63, 3.8) is 0 Å². The summed E-state index contributed by atoms with van der Waals surface area (Å²) in [5.41, 5.74) is 7.61. The molecule has 2 amide bonds. The molecule has 0 aromatic heterocycles. The fourth-order valence-corrected chi connectivity index (χ4v) is 1.39. The minimum absolute atomic E-state index is 0.207. The summed E-state index contributed by atoms with van der Waals surface area (Å²) in [6.07, 6.45) is 1.39. The molecule has 8 nitrogen and oxygen atoms in total. The van der Waals surface area contributed by atoms with E-state index < -0.39 is 12.0 Å². The molecule has 0 aliphatic rings. The first-order chi connectivity index (χ1) is 10.1. The maximum atomic E-state index is 11.2. The van der Waals surface area contributed by atoms with Crippen LogP contribution in [0.3, 0.4) is 0 Å². The van der Waals surface area contributed by atoms with Crippen LogP contribution in [-0.4, -0.2) is 38.5 Å². The summed E-state index contributed by atoms with van der Waals surface area (Å²) in [5.74, 6) is 0.351. The molecular weight excluding hydrogens is 278 g/mol. The molecule has 0 fully saturated rings. The van der Waals surface area contributed by atoms with Gasteiger partial charge in [-0.1, -0.05) is 0 Å². The third-order valence-electron chi connectivity index (χ3n) is 2.23. The molecule has 1 aromatic rings. The van der Waals surface area contributed by atoms with Gasteiger partial charge in [0.15, 0.2) is 18.1 Å². The van der Waals surface area contributed by atoms with Gasteiger partial charge in [-0.2, -0.15) is 5.10 Å². The van der Waals surface area contributed by atoms with Gasteiger partial charge in [-0.3, -0.25) is 0 Å². The highest BCUT2D eigenvalue weighted by molar-refractivity contribution is 5.82. The van der Waals surface area contributed by atoms with E-state index in [4.69, 9.17) is 19.9 Å². The molecule has 1 aromatic carbocycles. The van der Waals surface area contributed by atoms with Gasteiger partial charge in [0.25, 0.3) is 0 Å². The largest absolute Gasteiger partial charge is 0.493 e. The zero-order chi connectivity index (χ0) is 15.7. The van der Waals surface area contributed by atoms with Crippen LogP contribution in [0.1, 0.15) is 12.5 Å². The number of nitrogens with one attached hydrogen (secondary N) is 1. The Bertz CT molecular complexity index is 531. The fraction of sp³-hybridized carbons (Fsp3) is 0.308. The summed E-state index contributed by atoms with van der Waals surface area (Å²) in [6, 6.07) is 4.17. The zero-order valence-electron chi connectivity index (χ0n) is 11.8. The minimum atomic E-state index is -0.757. The monoisotopic (exact) mass is 295 g/mol. The van der Waals surface area contributed by atoms with Gasteiger partial charge in [0, 0.05) is 0 Å². The van der Waals surface area contributed by atoms with Crippen molar-refractivity contribution in [2.45, 2.75) is 6.92 Å². The summed E-state index contributed by atoms with van der Waals surface area (Å²) in [7, 11) is 1.47. The molecule has 21 heavy (non-hydrogen) atoms. The van der Waals surface area contributed by atoms with Crippen molar-refractivity contribution in [2.75, 3.05) is 20.3 Å². The second kappa shape index (κ2) is 8.41. The van der Waals surface area contributed by atoms with Gasteiger partial charge in [0.2, 0.25) is 0 Å². The Morgan fingerprint density at radius 2 is 2.14 bits per heavy atom. The average molecular weight is 295 g/mol. The molecule has 1 rings (SSSR count). The van der Waals surface area contributed by atoms with Gasteiger partial charge in [-0.05, 0) is 30.7 Å². The van der Waals surface area contributed by atoms with Crippen LogP contribution in [0.2, 0.25) is 0 Å². The number of hydrogen-bond acceptors (Lipinski definition) is 6. The Morgan fingerprint density at radius 1 is 1.38 bits per heavy atom. The van der Waals surface area contributed by atoms with Gasteiger partial charge in [0.05, 0.1) is 19.9 Å². The number of primary amides is 1. The minimum Gasteiger partial charge on any atom is -0.493 e. The molecule has 0 aliphatic heterocycles. The number of benzene rings is 1. The molecule has 0 saturated heterocycles. The number of nitrogens with zero attached hydrogens (tertiary/aromatic N) is 1. The van der Waals surface area contributed by atoms with Crippen LogP contribution in [0.15, 0.2) is 23.3 Å². The molecule has 8 heteroatoms. The normalized spacial score (nSPS) is 10.2. The van der Waals surface area contributed by atoms with E-state index in [0.29, 0.717) is 23.7 Å². The number of carbonyl (C=O) groups is 2. The molecule has 0 bridgehead atoms. The molecule has 0 atom stereocenters. The first-order valence-corrected chi connectivity index (χ1v) is 6.11. The van der Waals surface area contributed by atoms with E-state index in [9.17, 15) is 9.59 Å². The lowest BCUT2D eigenvalue weighted by Gasteiger charge is -2.10. The van der Waals surface area contributed by atoms with Crippen LogP contribution in [0.5, 0.6) is 11.5 Å². The first-order valence-electron chi connectivity index (χ1n) is 6.11. The number of amides is 2. The molecule has 0 radical (unpaired) electrons. The van der Waals surface area contributed by atoms with Gasteiger partial charge < -0.3 is 19.9 Å². The first kappa shape index (κ1) is 16.3. The van der Waals surface area contributed by atoms with Gasteiger partial charge in [-0.25, -0.2) is 15.0 Å². The van der Waals surface area contributed by atoms with Crippen LogP contribution in [-0.2, 0) is 9.53 Å².